The van der Waals surface area contributed by atoms with Crippen LogP contribution in [0.4, 0.5) is 0 Å². The molecule has 1 nitrogen and oxygen atoms in total. The van der Waals surface area contributed by atoms with Gasteiger partial charge in [0, 0.05) is 6.61 Å². The van der Waals surface area contributed by atoms with Gasteiger partial charge in [0.15, 0.2) is 0 Å². The summed E-state index contributed by atoms with van der Waals surface area (Å²) in [4.78, 5) is 0. The second-order valence-electron chi connectivity index (χ2n) is 8.48. The third-order valence-corrected chi connectivity index (χ3v) is 7.61. The molecule has 0 unspecified atom stereocenters. The van der Waals surface area contributed by atoms with E-state index in [0.29, 0.717) is 23.4 Å². The first kappa shape index (κ1) is 14.8. The zero-order valence-corrected chi connectivity index (χ0v) is 14.2. The van der Waals surface area contributed by atoms with Gasteiger partial charge in [-0.25, -0.2) is 0 Å². The maximum Gasteiger partial charge on any atom is 0.0468 e. The number of allylic oxidation sites excluding steroid dienone is 5. The molecule has 0 bridgehead atoms. The molecule has 2 fully saturated rings. The van der Waals surface area contributed by atoms with Crippen LogP contribution in [0.25, 0.3) is 0 Å². The highest BCUT2D eigenvalue weighted by molar-refractivity contribution is 5.41. The van der Waals surface area contributed by atoms with Crippen LogP contribution in [-0.4, -0.2) is 11.7 Å². The van der Waals surface area contributed by atoms with Gasteiger partial charge in [0.25, 0.3) is 0 Å². The van der Waals surface area contributed by atoms with Gasteiger partial charge < -0.3 is 5.11 Å². The molecule has 0 aliphatic heterocycles. The fraction of sp³-hybridized carbons (Fsp3) is 0.714. The molecule has 0 aromatic rings. The molecule has 0 amide bonds. The minimum Gasteiger partial charge on any atom is -0.396 e. The SMILES string of the molecule is C[C@]12CCCCC1=CC=C1[C@@H]2CC[C@]2(C)C(CCO)=CC[C@@H]12. The molecule has 0 heterocycles. The zero-order valence-electron chi connectivity index (χ0n) is 14.2. The van der Waals surface area contributed by atoms with Crippen molar-refractivity contribution in [1.29, 1.82) is 0 Å². The van der Waals surface area contributed by atoms with E-state index in [9.17, 15) is 5.11 Å². The van der Waals surface area contributed by atoms with E-state index < -0.39 is 0 Å². The van der Waals surface area contributed by atoms with Gasteiger partial charge in [0.2, 0.25) is 0 Å². The fourth-order valence-corrected chi connectivity index (χ4v) is 6.22. The third-order valence-electron chi connectivity index (χ3n) is 7.61. The van der Waals surface area contributed by atoms with Gasteiger partial charge in [-0.3, -0.25) is 0 Å². The predicted molar refractivity (Wildman–Crippen MR) is 91.5 cm³/mol. The molecule has 22 heavy (non-hydrogen) atoms. The molecular formula is C21H30O. The Balaban J connectivity index is 1.70. The Bertz CT molecular complexity index is 566. The summed E-state index contributed by atoms with van der Waals surface area (Å²) in [6.45, 7) is 5.32. The minimum atomic E-state index is 0.304. The van der Waals surface area contributed by atoms with Gasteiger partial charge >= 0.3 is 0 Å². The summed E-state index contributed by atoms with van der Waals surface area (Å²) in [5, 5.41) is 9.39. The summed E-state index contributed by atoms with van der Waals surface area (Å²) >= 11 is 0. The van der Waals surface area contributed by atoms with E-state index in [2.05, 4.69) is 32.1 Å². The lowest BCUT2D eigenvalue weighted by molar-refractivity contribution is 0.108. The molecule has 1 N–H and O–H groups in total. The van der Waals surface area contributed by atoms with Crippen LogP contribution in [0.2, 0.25) is 0 Å². The Hall–Kier alpha value is -0.820. The van der Waals surface area contributed by atoms with Crippen LogP contribution in [0.15, 0.2) is 34.9 Å². The second-order valence-corrected chi connectivity index (χ2v) is 8.48. The van der Waals surface area contributed by atoms with Gasteiger partial charge in [0.05, 0.1) is 0 Å². The van der Waals surface area contributed by atoms with Gasteiger partial charge in [-0.1, -0.05) is 55.2 Å². The average Bonchev–Trinajstić information content (AvgIpc) is 2.84. The smallest absolute Gasteiger partial charge is 0.0468 e. The van der Waals surface area contributed by atoms with E-state index in [1.54, 1.807) is 11.1 Å². The van der Waals surface area contributed by atoms with Crippen molar-refractivity contribution in [3.63, 3.8) is 0 Å². The van der Waals surface area contributed by atoms with Crippen molar-refractivity contribution in [2.45, 2.75) is 65.2 Å². The van der Waals surface area contributed by atoms with Crippen molar-refractivity contribution in [3.8, 4) is 0 Å². The lowest BCUT2D eigenvalue weighted by Gasteiger charge is -2.54. The molecule has 4 atom stereocenters. The van der Waals surface area contributed by atoms with E-state index in [-0.39, 0.29) is 0 Å². The Labute approximate surface area is 135 Å². The largest absolute Gasteiger partial charge is 0.396 e. The highest BCUT2D eigenvalue weighted by Crippen LogP contribution is 2.63. The lowest BCUT2D eigenvalue weighted by Crippen LogP contribution is -2.44. The van der Waals surface area contributed by atoms with E-state index in [1.165, 1.54) is 50.5 Å². The molecule has 1 heteroatoms. The maximum absolute atomic E-state index is 9.39. The number of rotatable bonds is 2. The van der Waals surface area contributed by atoms with Crippen LogP contribution < -0.4 is 0 Å². The molecular weight excluding hydrogens is 268 g/mol. The Morgan fingerprint density at radius 3 is 2.77 bits per heavy atom. The molecule has 0 aromatic heterocycles. The zero-order chi connectivity index (χ0) is 15.4. The number of aliphatic hydroxyl groups is 1. The van der Waals surface area contributed by atoms with E-state index >= 15 is 0 Å². The van der Waals surface area contributed by atoms with Crippen molar-refractivity contribution < 1.29 is 5.11 Å². The van der Waals surface area contributed by atoms with E-state index in [1.807, 2.05) is 0 Å². The summed E-state index contributed by atoms with van der Waals surface area (Å²) in [7, 11) is 0. The predicted octanol–water partition coefficient (Wildman–Crippen LogP) is 5.18. The number of aliphatic hydroxyl groups excluding tert-OH is 1. The summed E-state index contributed by atoms with van der Waals surface area (Å²) in [5.41, 5.74) is 5.77. The van der Waals surface area contributed by atoms with Crippen LogP contribution in [0.1, 0.15) is 65.2 Å². The molecule has 4 aliphatic rings. The third kappa shape index (κ3) is 1.87. The molecule has 4 aliphatic carbocycles. The molecule has 120 valence electrons. The van der Waals surface area contributed by atoms with E-state index in [0.717, 1.165) is 12.3 Å². The van der Waals surface area contributed by atoms with Crippen molar-refractivity contribution in [2.75, 3.05) is 6.61 Å². The molecule has 2 saturated carbocycles. The standard InChI is InChI=1S/C21H30O/c1-20-12-4-3-5-15(20)6-8-17-18-9-7-16(11-14-22)21(18,2)13-10-19(17)20/h6-8,18-19,22H,3-5,9-14H2,1-2H3/t18-,19-,20-,21+/m0/s1. The number of hydrogen-bond acceptors (Lipinski definition) is 1. The topological polar surface area (TPSA) is 20.2 Å². The molecule has 0 spiro atoms. The van der Waals surface area contributed by atoms with Gasteiger partial charge in [-0.05, 0) is 67.6 Å². The Morgan fingerprint density at radius 2 is 1.95 bits per heavy atom. The fourth-order valence-electron chi connectivity index (χ4n) is 6.22. The lowest BCUT2D eigenvalue weighted by atomic mass is 9.50. The highest BCUT2D eigenvalue weighted by Gasteiger charge is 2.53. The number of fused-ring (bicyclic) bond motifs is 5. The van der Waals surface area contributed by atoms with Gasteiger partial charge in [0.1, 0.15) is 0 Å². The molecule has 0 aromatic carbocycles. The Kier molecular flexibility index (Phi) is 3.41. The van der Waals surface area contributed by atoms with Gasteiger partial charge in [-0.2, -0.15) is 0 Å². The second kappa shape index (κ2) is 5.09. The van der Waals surface area contributed by atoms with Crippen LogP contribution >= 0.6 is 0 Å². The number of hydrogen-bond donors (Lipinski definition) is 1. The maximum atomic E-state index is 9.39. The first-order valence-electron chi connectivity index (χ1n) is 9.31. The van der Waals surface area contributed by atoms with Gasteiger partial charge in [-0.15, -0.1) is 0 Å². The van der Waals surface area contributed by atoms with Crippen LogP contribution in [0, 0.1) is 22.7 Å². The van der Waals surface area contributed by atoms with Crippen LogP contribution in [-0.2, 0) is 0 Å². The van der Waals surface area contributed by atoms with Crippen molar-refractivity contribution >= 4 is 0 Å². The van der Waals surface area contributed by atoms with Crippen molar-refractivity contribution in [3.05, 3.63) is 34.9 Å². The highest BCUT2D eigenvalue weighted by atomic mass is 16.3. The average molecular weight is 298 g/mol. The van der Waals surface area contributed by atoms with Crippen molar-refractivity contribution in [1.82, 2.24) is 0 Å². The summed E-state index contributed by atoms with van der Waals surface area (Å²) in [6.07, 6.45) is 17.7. The molecule has 4 rings (SSSR count). The normalized spacial score (nSPS) is 43.5. The summed E-state index contributed by atoms with van der Waals surface area (Å²) < 4.78 is 0. The van der Waals surface area contributed by atoms with Crippen LogP contribution in [0.5, 0.6) is 0 Å². The quantitative estimate of drug-likeness (QED) is 0.697. The molecule has 0 saturated heterocycles. The Morgan fingerprint density at radius 1 is 1.09 bits per heavy atom. The van der Waals surface area contributed by atoms with Crippen LogP contribution in [0.3, 0.4) is 0 Å². The van der Waals surface area contributed by atoms with E-state index in [4.69, 9.17) is 0 Å². The monoisotopic (exact) mass is 298 g/mol. The first-order valence-corrected chi connectivity index (χ1v) is 9.31. The summed E-state index contributed by atoms with van der Waals surface area (Å²) in [6, 6.07) is 0. The molecule has 0 radical (unpaired) electrons. The first-order chi connectivity index (χ1) is 10.6. The summed E-state index contributed by atoms with van der Waals surface area (Å²) in [5.74, 6) is 1.48. The minimum absolute atomic E-state index is 0.304. The van der Waals surface area contributed by atoms with Crippen molar-refractivity contribution in [2.24, 2.45) is 22.7 Å².